The first-order valence-electron chi connectivity index (χ1n) is 10.5. The van der Waals surface area contributed by atoms with Crippen molar-refractivity contribution in [3.8, 4) is 0 Å². The van der Waals surface area contributed by atoms with Crippen molar-refractivity contribution in [2.45, 2.75) is 33.4 Å². The number of carbonyl (C=O) groups excluding carboxylic acids is 1. The molecule has 0 saturated carbocycles. The molecular weight excluding hydrogens is 430 g/mol. The number of aromatic nitrogens is 4. The molecule has 0 bridgehead atoms. The number of benzene rings is 2. The Labute approximate surface area is 189 Å². The molecule has 8 nitrogen and oxygen atoms in total. The molecule has 0 atom stereocenters. The van der Waals surface area contributed by atoms with E-state index < -0.39 is 0 Å². The maximum atomic E-state index is 13.2. The highest BCUT2D eigenvalue weighted by atomic mass is 35.5. The van der Waals surface area contributed by atoms with Gasteiger partial charge in [0.1, 0.15) is 0 Å². The fraction of sp³-hybridized carbons (Fsp3) is 0.304. The standard InChI is InChI=1S/C23H24ClN5O3/c1-15(2)13-25-20(30)11-12-27-21(31)18-5-3-4-6-19(18)29-22(27)26-28(23(29)32)14-16-7-9-17(24)10-8-16/h3-10,15H,11-14H2,1-2H3,(H,25,30). The van der Waals surface area contributed by atoms with Crippen molar-refractivity contribution in [2.24, 2.45) is 5.92 Å². The van der Waals surface area contributed by atoms with E-state index in [4.69, 9.17) is 11.6 Å². The van der Waals surface area contributed by atoms with Gasteiger partial charge in [-0.25, -0.2) is 13.9 Å². The van der Waals surface area contributed by atoms with Gasteiger partial charge < -0.3 is 5.32 Å². The average Bonchev–Trinajstić information content (AvgIpc) is 3.09. The summed E-state index contributed by atoms with van der Waals surface area (Å²) in [5.41, 5.74) is 0.698. The van der Waals surface area contributed by atoms with Gasteiger partial charge in [0, 0.05) is 24.5 Å². The molecule has 0 aliphatic carbocycles. The number of aryl methyl sites for hydroxylation is 1. The third-order valence-electron chi connectivity index (χ3n) is 5.20. The molecule has 0 aliphatic rings. The first-order valence-corrected chi connectivity index (χ1v) is 10.8. The molecule has 166 valence electrons. The highest BCUT2D eigenvalue weighted by Crippen LogP contribution is 2.13. The topological polar surface area (TPSA) is 90.4 Å². The molecule has 1 amide bonds. The molecule has 2 heterocycles. The summed E-state index contributed by atoms with van der Waals surface area (Å²) in [5.74, 6) is 0.389. The minimum atomic E-state index is -0.357. The maximum Gasteiger partial charge on any atom is 0.352 e. The quantitative estimate of drug-likeness (QED) is 0.466. The predicted molar refractivity (Wildman–Crippen MR) is 124 cm³/mol. The van der Waals surface area contributed by atoms with E-state index in [0.717, 1.165) is 5.56 Å². The lowest BCUT2D eigenvalue weighted by Crippen LogP contribution is -2.31. The highest BCUT2D eigenvalue weighted by molar-refractivity contribution is 6.30. The Balaban J connectivity index is 1.79. The van der Waals surface area contributed by atoms with Crippen LogP contribution in [-0.2, 0) is 17.9 Å². The monoisotopic (exact) mass is 453 g/mol. The molecule has 0 fully saturated rings. The fourth-order valence-corrected chi connectivity index (χ4v) is 3.68. The Morgan fingerprint density at radius 3 is 2.53 bits per heavy atom. The number of halogens is 1. The summed E-state index contributed by atoms with van der Waals surface area (Å²) in [5, 5.41) is 8.31. The molecule has 0 aliphatic heterocycles. The highest BCUT2D eigenvalue weighted by Gasteiger charge is 2.18. The van der Waals surface area contributed by atoms with Crippen molar-refractivity contribution >= 4 is 34.2 Å². The van der Waals surface area contributed by atoms with Gasteiger partial charge in [-0.15, -0.1) is 5.10 Å². The van der Waals surface area contributed by atoms with Crippen LogP contribution < -0.4 is 16.6 Å². The molecule has 32 heavy (non-hydrogen) atoms. The van der Waals surface area contributed by atoms with Crippen molar-refractivity contribution in [2.75, 3.05) is 6.54 Å². The van der Waals surface area contributed by atoms with Crippen LogP contribution in [0.15, 0.2) is 58.1 Å². The summed E-state index contributed by atoms with van der Waals surface area (Å²) >= 11 is 5.95. The van der Waals surface area contributed by atoms with Crippen molar-refractivity contribution in [1.82, 2.24) is 24.1 Å². The van der Waals surface area contributed by atoms with E-state index in [1.807, 2.05) is 26.0 Å². The lowest BCUT2D eigenvalue weighted by atomic mass is 10.2. The molecule has 9 heteroatoms. The molecule has 1 N–H and O–H groups in total. The van der Waals surface area contributed by atoms with E-state index in [9.17, 15) is 14.4 Å². The Morgan fingerprint density at radius 1 is 1.09 bits per heavy atom. The first-order chi connectivity index (χ1) is 15.3. The van der Waals surface area contributed by atoms with Crippen LogP contribution in [0.1, 0.15) is 25.8 Å². The number of nitrogens with zero attached hydrogens (tertiary/aromatic N) is 4. The van der Waals surface area contributed by atoms with Crippen LogP contribution >= 0.6 is 11.6 Å². The lowest BCUT2D eigenvalue weighted by molar-refractivity contribution is -0.121. The predicted octanol–water partition coefficient (Wildman–Crippen LogP) is 2.67. The van der Waals surface area contributed by atoms with E-state index >= 15 is 0 Å². The number of para-hydroxylation sites is 1. The smallest absolute Gasteiger partial charge is 0.352 e. The van der Waals surface area contributed by atoms with Crippen molar-refractivity contribution in [3.05, 3.63) is 80.0 Å². The summed E-state index contributed by atoms with van der Waals surface area (Å²) in [6.07, 6.45) is 0.110. The van der Waals surface area contributed by atoms with Gasteiger partial charge in [0.2, 0.25) is 11.7 Å². The van der Waals surface area contributed by atoms with E-state index in [1.165, 1.54) is 13.6 Å². The van der Waals surface area contributed by atoms with Gasteiger partial charge in [0.25, 0.3) is 5.56 Å². The van der Waals surface area contributed by atoms with Crippen molar-refractivity contribution in [1.29, 1.82) is 0 Å². The molecule has 0 saturated heterocycles. The van der Waals surface area contributed by atoms with Crippen LogP contribution in [0.3, 0.4) is 0 Å². The largest absolute Gasteiger partial charge is 0.356 e. The van der Waals surface area contributed by atoms with Crippen LogP contribution in [0.2, 0.25) is 5.02 Å². The number of fused-ring (bicyclic) bond motifs is 3. The fourth-order valence-electron chi connectivity index (χ4n) is 3.55. The van der Waals surface area contributed by atoms with E-state index in [0.29, 0.717) is 28.4 Å². The summed E-state index contributed by atoms with van der Waals surface area (Å²) < 4.78 is 4.15. The summed E-state index contributed by atoms with van der Waals surface area (Å²) in [7, 11) is 0. The zero-order valence-corrected chi connectivity index (χ0v) is 18.7. The molecule has 0 radical (unpaired) electrons. The minimum absolute atomic E-state index is 0.110. The van der Waals surface area contributed by atoms with Gasteiger partial charge >= 0.3 is 5.69 Å². The van der Waals surface area contributed by atoms with Crippen LogP contribution in [0, 0.1) is 5.92 Å². The Bertz CT molecular complexity index is 1400. The Hall–Kier alpha value is -3.39. The minimum Gasteiger partial charge on any atom is -0.356 e. The Morgan fingerprint density at radius 2 is 1.81 bits per heavy atom. The molecule has 4 aromatic rings. The van der Waals surface area contributed by atoms with E-state index in [1.54, 1.807) is 36.4 Å². The van der Waals surface area contributed by atoms with Crippen LogP contribution in [0.4, 0.5) is 0 Å². The van der Waals surface area contributed by atoms with Gasteiger partial charge in [0.05, 0.1) is 17.4 Å². The molecule has 2 aromatic heterocycles. The van der Waals surface area contributed by atoms with Crippen molar-refractivity contribution < 1.29 is 4.79 Å². The number of nitrogens with one attached hydrogen (secondary N) is 1. The second kappa shape index (κ2) is 9.00. The van der Waals surface area contributed by atoms with Gasteiger partial charge in [-0.1, -0.05) is 49.7 Å². The van der Waals surface area contributed by atoms with Crippen LogP contribution in [0.5, 0.6) is 0 Å². The number of hydrogen-bond donors (Lipinski definition) is 1. The van der Waals surface area contributed by atoms with Crippen molar-refractivity contribution in [3.63, 3.8) is 0 Å². The summed E-state index contributed by atoms with van der Waals surface area (Å²) in [6, 6.07) is 14.1. The van der Waals surface area contributed by atoms with Gasteiger partial charge in [-0.05, 0) is 35.7 Å². The van der Waals surface area contributed by atoms with Crippen LogP contribution in [-0.4, -0.2) is 31.2 Å². The van der Waals surface area contributed by atoms with Gasteiger partial charge in [0.15, 0.2) is 0 Å². The first kappa shape index (κ1) is 21.8. The van der Waals surface area contributed by atoms with E-state index in [2.05, 4.69) is 10.4 Å². The molecule has 4 rings (SSSR count). The zero-order chi connectivity index (χ0) is 22.8. The summed E-state index contributed by atoms with van der Waals surface area (Å²) in [4.78, 5) is 38.7. The Kier molecular flexibility index (Phi) is 6.14. The zero-order valence-electron chi connectivity index (χ0n) is 17.9. The number of hydrogen-bond acceptors (Lipinski definition) is 4. The molecular formula is C23H24ClN5O3. The number of rotatable bonds is 7. The SMILES string of the molecule is CC(C)CNC(=O)CCn1c(=O)c2ccccc2n2c(=O)n(Cc3ccc(Cl)cc3)nc12. The lowest BCUT2D eigenvalue weighted by Gasteiger charge is -2.10. The molecule has 0 unspecified atom stereocenters. The molecule has 0 spiro atoms. The molecule has 2 aromatic carbocycles. The summed E-state index contributed by atoms with van der Waals surface area (Å²) in [6.45, 7) is 4.94. The second-order valence-electron chi connectivity index (χ2n) is 8.12. The number of amides is 1. The maximum absolute atomic E-state index is 13.2. The second-order valence-corrected chi connectivity index (χ2v) is 8.56. The van der Waals surface area contributed by atoms with Gasteiger partial charge in [-0.2, -0.15) is 0 Å². The van der Waals surface area contributed by atoms with Gasteiger partial charge in [-0.3, -0.25) is 14.2 Å². The third kappa shape index (κ3) is 4.31. The third-order valence-corrected chi connectivity index (χ3v) is 5.45. The van der Waals surface area contributed by atoms with Crippen LogP contribution in [0.25, 0.3) is 16.7 Å². The normalized spacial score (nSPS) is 11.5. The number of carbonyl (C=O) groups is 1. The average molecular weight is 454 g/mol. The van der Waals surface area contributed by atoms with E-state index in [-0.39, 0.29) is 42.4 Å².